The van der Waals surface area contributed by atoms with Crippen LogP contribution in [0.3, 0.4) is 0 Å². The van der Waals surface area contributed by atoms with Crippen molar-refractivity contribution in [3.8, 4) is 0 Å². The van der Waals surface area contributed by atoms with Gasteiger partial charge in [-0.05, 0) is 43.1 Å². The van der Waals surface area contributed by atoms with E-state index in [2.05, 4.69) is 22.9 Å². The second-order valence-corrected chi connectivity index (χ2v) is 4.77. The highest BCUT2D eigenvalue weighted by molar-refractivity contribution is 9.10. The molecular weight excluding hydrogens is 254 g/mol. The zero-order chi connectivity index (χ0) is 11.4. The summed E-state index contributed by atoms with van der Waals surface area (Å²) in [6.45, 7) is 4.58. The minimum atomic E-state index is -0.451. The molecule has 15 heavy (non-hydrogen) atoms. The summed E-state index contributed by atoms with van der Waals surface area (Å²) in [7, 11) is 0. The van der Waals surface area contributed by atoms with Crippen molar-refractivity contribution in [3.05, 3.63) is 33.8 Å². The number of hydrogen-bond acceptors (Lipinski definition) is 2. The fourth-order valence-corrected chi connectivity index (χ4v) is 2.22. The molecular formula is C12H18BrNO. The largest absolute Gasteiger partial charge is 0.388 e. The Kier molecular flexibility index (Phi) is 4.77. The molecule has 0 aliphatic heterocycles. The van der Waals surface area contributed by atoms with E-state index in [1.807, 2.05) is 25.1 Å². The summed E-state index contributed by atoms with van der Waals surface area (Å²) < 4.78 is 1.04. The van der Waals surface area contributed by atoms with E-state index in [9.17, 15) is 5.11 Å². The Hall–Kier alpha value is -0.380. The molecule has 0 aliphatic rings. The van der Waals surface area contributed by atoms with Crippen LogP contribution in [0.25, 0.3) is 0 Å². The summed E-state index contributed by atoms with van der Waals surface area (Å²) in [4.78, 5) is 0. The van der Waals surface area contributed by atoms with Crippen molar-refractivity contribution in [2.75, 3.05) is 6.54 Å². The van der Waals surface area contributed by atoms with E-state index in [-0.39, 0.29) is 5.92 Å². The molecule has 0 aromatic heterocycles. The lowest BCUT2D eigenvalue weighted by Crippen LogP contribution is -2.21. The maximum atomic E-state index is 10.2. The third-order valence-electron chi connectivity index (χ3n) is 2.82. The second-order valence-electron chi connectivity index (χ2n) is 3.85. The molecule has 2 nitrogen and oxygen atoms in total. The summed E-state index contributed by atoms with van der Waals surface area (Å²) in [5.41, 5.74) is 7.71. The maximum Gasteiger partial charge on any atom is 0.0832 e. The summed E-state index contributed by atoms with van der Waals surface area (Å²) in [5.74, 6) is 0.143. The van der Waals surface area contributed by atoms with Gasteiger partial charge in [-0.2, -0.15) is 0 Å². The van der Waals surface area contributed by atoms with Crippen LogP contribution in [0.1, 0.15) is 30.6 Å². The van der Waals surface area contributed by atoms with Crippen molar-refractivity contribution in [1.82, 2.24) is 0 Å². The molecule has 1 aromatic rings. The zero-order valence-electron chi connectivity index (χ0n) is 9.20. The van der Waals surface area contributed by atoms with E-state index >= 15 is 0 Å². The normalized spacial score (nSPS) is 15.0. The molecule has 0 heterocycles. The summed E-state index contributed by atoms with van der Waals surface area (Å²) in [6.07, 6.45) is 0.445. The van der Waals surface area contributed by atoms with Crippen molar-refractivity contribution < 1.29 is 5.11 Å². The highest BCUT2D eigenvalue weighted by Gasteiger charge is 2.19. The Morgan fingerprint density at radius 3 is 2.60 bits per heavy atom. The van der Waals surface area contributed by atoms with Crippen molar-refractivity contribution in [2.45, 2.75) is 26.4 Å². The molecule has 1 aromatic carbocycles. The standard InChI is InChI=1S/C12H18BrNO/c1-3-9(7-14)12(15)11-5-4-10(13)6-8(11)2/h4-6,9,12,15H,3,7,14H2,1-2H3. The highest BCUT2D eigenvalue weighted by Crippen LogP contribution is 2.28. The van der Waals surface area contributed by atoms with E-state index in [4.69, 9.17) is 5.73 Å². The van der Waals surface area contributed by atoms with E-state index in [0.717, 1.165) is 22.0 Å². The molecule has 0 fully saturated rings. The van der Waals surface area contributed by atoms with Crippen LogP contribution in [-0.2, 0) is 0 Å². The Morgan fingerprint density at radius 1 is 1.47 bits per heavy atom. The van der Waals surface area contributed by atoms with Crippen LogP contribution >= 0.6 is 15.9 Å². The molecule has 0 amide bonds. The fourth-order valence-electron chi connectivity index (χ4n) is 1.74. The molecule has 2 unspecified atom stereocenters. The van der Waals surface area contributed by atoms with Gasteiger partial charge < -0.3 is 10.8 Å². The first-order valence-electron chi connectivity index (χ1n) is 5.24. The minimum absolute atomic E-state index is 0.143. The molecule has 0 aliphatic carbocycles. The number of benzene rings is 1. The Labute approximate surface area is 99.6 Å². The number of hydrogen-bond donors (Lipinski definition) is 2. The quantitative estimate of drug-likeness (QED) is 0.885. The van der Waals surface area contributed by atoms with Gasteiger partial charge in [0.2, 0.25) is 0 Å². The number of rotatable bonds is 4. The van der Waals surface area contributed by atoms with Gasteiger partial charge in [-0.3, -0.25) is 0 Å². The van der Waals surface area contributed by atoms with Crippen LogP contribution in [0.4, 0.5) is 0 Å². The molecule has 0 radical (unpaired) electrons. The monoisotopic (exact) mass is 271 g/mol. The number of halogens is 1. The lowest BCUT2D eigenvalue weighted by atomic mass is 9.91. The van der Waals surface area contributed by atoms with Gasteiger partial charge in [0.1, 0.15) is 0 Å². The van der Waals surface area contributed by atoms with Crippen molar-refractivity contribution >= 4 is 15.9 Å². The van der Waals surface area contributed by atoms with Gasteiger partial charge in [-0.25, -0.2) is 0 Å². The summed E-state index contributed by atoms with van der Waals surface area (Å²) in [5, 5.41) is 10.2. The average Bonchev–Trinajstić information content (AvgIpc) is 2.19. The predicted molar refractivity (Wildman–Crippen MR) is 66.7 cm³/mol. The van der Waals surface area contributed by atoms with Crippen LogP contribution in [0, 0.1) is 12.8 Å². The molecule has 0 bridgehead atoms. The number of aliphatic hydroxyl groups is 1. The van der Waals surface area contributed by atoms with Crippen LogP contribution in [0.15, 0.2) is 22.7 Å². The smallest absolute Gasteiger partial charge is 0.0832 e. The van der Waals surface area contributed by atoms with Gasteiger partial charge in [0.15, 0.2) is 0 Å². The molecule has 0 spiro atoms. The topological polar surface area (TPSA) is 46.2 Å². The van der Waals surface area contributed by atoms with Gasteiger partial charge in [-0.1, -0.05) is 28.9 Å². The van der Waals surface area contributed by atoms with Gasteiger partial charge in [0, 0.05) is 10.4 Å². The third-order valence-corrected chi connectivity index (χ3v) is 3.32. The fraction of sp³-hybridized carbons (Fsp3) is 0.500. The molecule has 3 N–H and O–H groups in total. The number of aryl methyl sites for hydroxylation is 1. The number of nitrogens with two attached hydrogens (primary N) is 1. The highest BCUT2D eigenvalue weighted by atomic mass is 79.9. The average molecular weight is 272 g/mol. The number of aliphatic hydroxyl groups excluding tert-OH is 1. The van der Waals surface area contributed by atoms with Crippen LogP contribution in [0.5, 0.6) is 0 Å². The summed E-state index contributed by atoms with van der Waals surface area (Å²) in [6, 6.07) is 5.93. The van der Waals surface area contributed by atoms with Gasteiger partial charge in [-0.15, -0.1) is 0 Å². The van der Waals surface area contributed by atoms with E-state index in [0.29, 0.717) is 6.54 Å². The second kappa shape index (κ2) is 5.64. The van der Waals surface area contributed by atoms with Gasteiger partial charge >= 0.3 is 0 Å². The van der Waals surface area contributed by atoms with E-state index in [1.165, 1.54) is 0 Å². The molecule has 0 saturated heterocycles. The first-order valence-corrected chi connectivity index (χ1v) is 6.03. The molecule has 84 valence electrons. The Bertz CT molecular complexity index is 323. The molecule has 0 saturated carbocycles. The van der Waals surface area contributed by atoms with Gasteiger partial charge in [0.05, 0.1) is 6.10 Å². The van der Waals surface area contributed by atoms with Crippen LogP contribution in [0.2, 0.25) is 0 Å². The predicted octanol–water partition coefficient (Wildman–Crippen LogP) is 2.78. The van der Waals surface area contributed by atoms with Crippen molar-refractivity contribution in [3.63, 3.8) is 0 Å². The maximum absolute atomic E-state index is 10.2. The first-order chi connectivity index (χ1) is 7.10. The zero-order valence-corrected chi connectivity index (χ0v) is 10.8. The molecule has 1 rings (SSSR count). The summed E-state index contributed by atoms with van der Waals surface area (Å²) >= 11 is 3.41. The third kappa shape index (κ3) is 3.03. The lowest BCUT2D eigenvalue weighted by Gasteiger charge is -2.21. The molecule has 2 atom stereocenters. The Balaban J connectivity index is 2.94. The van der Waals surface area contributed by atoms with Crippen LogP contribution < -0.4 is 5.73 Å². The van der Waals surface area contributed by atoms with E-state index < -0.39 is 6.10 Å². The Morgan fingerprint density at radius 2 is 2.13 bits per heavy atom. The van der Waals surface area contributed by atoms with Crippen LogP contribution in [-0.4, -0.2) is 11.7 Å². The van der Waals surface area contributed by atoms with Gasteiger partial charge in [0.25, 0.3) is 0 Å². The minimum Gasteiger partial charge on any atom is -0.388 e. The SMILES string of the molecule is CCC(CN)C(O)c1ccc(Br)cc1C. The first kappa shape index (κ1) is 12.7. The van der Waals surface area contributed by atoms with E-state index in [1.54, 1.807) is 0 Å². The van der Waals surface area contributed by atoms with Crippen molar-refractivity contribution in [1.29, 1.82) is 0 Å². The van der Waals surface area contributed by atoms with Crippen molar-refractivity contribution in [2.24, 2.45) is 11.7 Å². The molecule has 3 heteroatoms. The lowest BCUT2D eigenvalue weighted by molar-refractivity contribution is 0.109.